The summed E-state index contributed by atoms with van der Waals surface area (Å²) in [5.74, 6) is 0.163. The first kappa shape index (κ1) is 23.2. The average molecular weight is 441 g/mol. The first-order valence-corrected chi connectivity index (χ1v) is 12.0. The summed E-state index contributed by atoms with van der Waals surface area (Å²) >= 11 is 1.47. The first-order valence-electron chi connectivity index (χ1n) is 11.0. The highest BCUT2D eigenvalue weighted by molar-refractivity contribution is 8.00. The van der Waals surface area contributed by atoms with Gasteiger partial charge in [0.1, 0.15) is 5.25 Å². The van der Waals surface area contributed by atoms with Crippen LogP contribution in [-0.4, -0.2) is 52.6 Å². The third-order valence-electron chi connectivity index (χ3n) is 5.71. The van der Waals surface area contributed by atoms with Crippen LogP contribution in [0.5, 0.6) is 0 Å². The molecule has 0 saturated carbocycles. The molecule has 0 bridgehead atoms. The van der Waals surface area contributed by atoms with Gasteiger partial charge in [-0.15, -0.1) is 11.8 Å². The number of fused-ring (bicyclic) bond motifs is 1. The SMILES string of the molecule is CCSC(Cc1ccc(CCCN2CN(CC)c3ccc(C)cc3C2=O)cc1)C(=O)O. The van der Waals surface area contributed by atoms with Gasteiger partial charge in [-0.2, -0.15) is 0 Å². The van der Waals surface area contributed by atoms with Crippen molar-refractivity contribution in [2.75, 3.05) is 30.4 Å². The number of hydrogen-bond acceptors (Lipinski definition) is 4. The smallest absolute Gasteiger partial charge is 0.316 e. The van der Waals surface area contributed by atoms with Gasteiger partial charge in [0.2, 0.25) is 0 Å². The quantitative estimate of drug-likeness (QED) is 0.584. The molecule has 1 aliphatic rings. The molecule has 0 spiro atoms. The highest BCUT2D eigenvalue weighted by Crippen LogP contribution is 2.28. The van der Waals surface area contributed by atoms with Crippen LogP contribution >= 0.6 is 11.8 Å². The fraction of sp³-hybridized carbons (Fsp3) is 0.440. The maximum atomic E-state index is 13.0. The van der Waals surface area contributed by atoms with Gasteiger partial charge < -0.3 is 14.9 Å². The number of hydrogen-bond donors (Lipinski definition) is 1. The van der Waals surface area contributed by atoms with Crippen LogP contribution in [0.15, 0.2) is 42.5 Å². The molecule has 5 nitrogen and oxygen atoms in total. The van der Waals surface area contributed by atoms with Gasteiger partial charge in [0.25, 0.3) is 5.91 Å². The Labute approximate surface area is 189 Å². The van der Waals surface area contributed by atoms with E-state index >= 15 is 0 Å². The van der Waals surface area contributed by atoms with E-state index in [0.29, 0.717) is 13.1 Å². The van der Waals surface area contributed by atoms with E-state index in [0.717, 1.165) is 54.1 Å². The molecule has 0 saturated heterocycles. The Bertz CT molecular complexity index is 913. The number of carbonyl (C=O) groups excluding carboxylic acids is 1. The van der Waals surface area contributed by atoms with E-state index in [2.05, 4.69) is 36.1 Å². The molecule has 1 aliphatic heterocycles. The molecule has 166 valence electrons. The second-order valence-electron chi connectivity index (χ2n) is 7.99. The predicted molar refractivity (Wildman–Crippen MR) is 128 cm³/mol. The van der Waals surface area contributed by atoms with Gasteiger partial charge in [-0.1, -0.05) is 42.8 Å². The highest BCUT2D eigenvalue weighted by atomic mass is 32.2. The van der Waals surface area contributed by atoms with E-state index in [1.165, 1.54) is 17.3 Å². The Hall–Kier alpha value is -2.47. The second kappa shape index (κ2) is 10.7. The molecule has 1 atom stereocenters. The average Bonchev–Trinajstić information content (AvgIpc) is 2.76. The van der Waals surface area contributed by atoms with Gasteiger partial charge in [0, 0.05) is 13.1 Å². The van der Waals surface area contributed by atoms with E-state index in [9.17, 15) is 14.7 Å². The van der Waals surface area contributed by atoms with Gasteiger partial charge in [-0.25, -0.2) is 0 Å². The van der Waals surface area contributed by atoms with E-state index < -0.39 is 11.2 Å². The minimum absolute atomic E-state index is 0.117. The number of benzene rings is 2. The summed E-state index contributed by atoms with van der Waals surface area (Å²) in [4.78, 5) is 28.5. The van der Waals surface area contributed by atoms with Crippen molar-refractivity contribution in [2.24, 2.45) is 0 Å². The molecule has 1 unspecified atom stereocenters. The van der Waals surface area contributed by atoms with Crippen LogP contribution < -0.4 is 4.90 Å². The Morgan fingerprint density at radius 3 is 2.45 bits per heavy atom. The van der Waals surface area contributed by atoms with Crippen LogP contribution in [0.25, 0.3) is 0 Å². The highest BCUT2D eigenvalue weighted by Gasteiger charge is 2.28. The van der Waals surface area contributed by atoms with Gasteiger partial charge in [0.15, 0.2) is 0 Å². The lowest BCUT2D eigenvalue weighted by Gasteiger charge is -2.37. The van der Waals surface area contributed by atoms with Crippen LogP contribution in [0.4, 0.5) is 5.69 Å². The molecule has 3 rings (SSSR count). The lowest BCUT2D eigenvalue weighted by atomic mass is 10.0. The molecule has 6 heteroatoms. The number of amides is 1. The minimum atomic E-state index is -0.750. The molecule has 1 heterocycles. The van der Waals surface area contributed by atoms with E-state index in [4.69, 9.17) is 0 Å². The molecule has 2 aromatic rings. The van der Waals surface area contributed by atoms with Crippen molar-refractivity contribution in [3.8, 4) is 0 Å². The summed E-state index contributed by atoms with van der Waals surface area (Å²) in [5.41, 5.74) is 5.20. The topological polar surface area (TPSA) is 60.9 Å². The Morgan fingerprint density at radius 1 is 1.10 bits per heavy atom. The summed E-state index contributed by atoms with van der Waals surface area (Å²) in [6.45, 7) is 8.35. The van der Waals surface area contributed by atoms with Crippen molar-refractivity contribution in [3.05, 3.63) is 64.7 Å². The largest absolute Gasteiger partial charge is 0.480 e. The van der Waals surface area contributed by atoms with Crippen molar-refractivity contribution in [2.45, 2.75) is 45.3 Å². The lowest BCUT2D eigenvalue weighted by Crippen LogP contribution is -2.47. The standard InChI is InChI=1S/C25H32N2O3S/c1-4-26-17-27(24(28)21-15-18(3)8-13-22(21)26)14-6-7-19-9-11-20(12-10-19)16-23(25(29)30)31-5-2/h8-13,15,23H,4-7,14,16-17H2,1-3H3,(H,29,30). The molecule has 0 fully saturated rings. The first-order chi connectivity index (χ1) is 14.9. The van der Waals surface area contributed by atoms with Crippen LogP contribution in [0.2, 0.25) is 0 Å². The molecular weight excluding hydrogens is 408 g/mol. The number of carbonyl (C=O) groups is 2. The van der Waals surface area contributed by atoms with Gasteiger partial charge >= 0.3 is 5.97 Å². The number of carboxylic acid groups (broad SMARTS) is 1. The zero-order valence-electron chi connectivity index (χ0n) is 18.6. The van der Waals surface area contributed by atoms with Crippen molar-refractivity contribution in [3.63, 3.8) is 0 Å². The number of carboxylic acids is 1. The number of thioether (sulfide) groups is 1. The van der Waals surface area contributed by atoms with Crippen molar-refractivity contribution in [1.82, 2.24) is 4.90 Å². The minimum Gasteiger partial charge on any atom is -0.480 e. The Kier molecular flexibility index (Phi) is 8.02. The van der Waals surface area contributed by atoms with Crippen LogP contribution in [0.1, 0.15) is 47.3 Å². The van der Waals surface area contributed by atoms with Crippen molar-refractivity contribution < 1.29 is 14.7 Å². The zero-order chi connectivity index (χ0) is 22.4. The third-order valence-corrected chi connectivity index (χ3v) is 6.82. The summed E-state index contributed by atoms with van der Waals surface area (Å²) in [7, 11) is 0. The predicted octanol–water partition coefficient (Wildman–Crippen LogP) is 4.62. The van der Waals surface area contributed by atoms with Crippen LogP contribution in [0, 0.1) is 6.92 Å². The van der Waals surface area contributed by atoms with Crippen LogP contribution in [0.3, 0.4) is 0 Å². The molecular formula is C25H32N2O3S. The normalized spacial score (nSPS) is 14.5. The lowest BCUT2D eigenvalue weighted by molar-refractivity contribution is -0.136. The maximum absolute atomic E-state index is 13.0. The molecule has 0 aromatic heterocycles. The van der Waals surface area contributed by atoms with E-state index in [-0.39, 0.29) is 5.91 Å². The fourth-order valence-corrected chi connectivity index (χ4v) is 4.86. The van der Waals surface area contributed by atoms with Gasteiger partial charge in [-0.05, 0) is 62.1 Å². The van der Waals surface area contributed by atoms with Gasteiger partial charge in [0.05, 0.1) is 17.9 Å². The summed E-state index contributed by atoms with van der Waals surface area (Å²) in [5, 5.41) is 8.94. The fourth-order valence-electron chi connectivity index (χ4n) is 4.01. The summed E-state index contributed by atoms with van der Waals surface area (Å²) in [6.07, 6.45) is 2.33. The maximum Gasteiger partial charge on any atom is 0.316 e. The van der Waals surface area contributed by atoms with Crippen LogP contribution in [-0.2, 0) is 17.6 Å². The Morgan fingerprint density at radius 2 is 1.81 bits per heavy atom. The second-order valence-corrected chi connectivity index (χ2v) is 9.47. The molecule has 31 heavy (non-hydrogen) atoms. The molecule has 0 aliphatic carbocycles. The molecule has 0 radical (unpaired) electrons. The monoisotopic (exact) mass is 440 g/mol. The zero-order valence-corrected chi connectivity index (χ0v) is 19.5. The number of anilines is 1. The third kappa shape index (κ3) is 5.82. The summed E-state index contributed by atoms with van der Waals surface area (Å²) < 4.78 is 0. The number of nitrogens with zero attached hydrogens (tertiary/aromatic N) is 2. The number of aryl methyl sites for hydroxylation is 2. The number of rotatable bonds is 10. The molecule has 1 N–H and O–H groups in total. The van der Waals surface area contributed by atoms with E-state index in [1.54, 1.807) is 0 Å². The molecule has 1 amide bonds. The molecule has 2 aromatic carbocycles. The Balaban J connectivity index is 1.56. The van der Waals surface area contributed by atoms with Crippen molar-refractivity contribution in [1.29, 1.82) is 0 Å². The van der Waals surface area contributed by atoms with E-state index in [1.807, 2.05) is 36.9 Å². The number of aliphatic carboxylic acids is 1. The van der Waals surface area contributed by atoms with Gasteiger partial charge in [-0.3, -0.25) is 9.59 Å². The van der Waals surface area contributed by atoms with Crippen molar-refractivity contribution >= 4 is 29.3 Å². The summed E-state index contributed by atoms with van der Waals surface area (Å²) in [6, 6.07) is 14.3.